The van der Waals surface area contributed by atoms with Crippen LogP contribution in [0, 0.1) is 24.0 Å². The van der Waals surface area contributed by atoms with Crippen LogP contribution in [0.1, 0.15) is 23.9 Å². The molecule has 3 heterocycles. The van der Waals surface area contributed by atoms with Crippen molar-refractivity contribution in [2.45, 2.75) is 33.4 Å². The average molecular weight is 318 g/mol. The van der Waals surface area contributed by atoms with E-state index >= 15 is 0 Å². The summed E-state index contributed by atoms with van der Waals surface area (Å²) in [6, 6.07) is 2.69. The van der Waals surface area contributed by atoms with E-state index in [2.05, 4.69) is 10.1 Å². The van der Waals surface area contributed by atoms with E-state index < -0.39 is 11.0 Å². The van der Waals surface area contributed by atoms with E-state index in [0.717, 1.165) is 5.56 Å². The fourth-order valence-corrected chi connectivity index (χ4v) is 2.42. The van der Waals surface area contributed by atoms with Crippen molar-refractivity contribution < 1.29 is 19.0 Å². The first kappa shape index (κ1) is 14.9. The number of hydrogen-bond acceptors (Lipinski definition) is 7. The van der Waals surface area contributed by atoms with E-state index in [0.29, 0.717) is 17.2 Å². The van der Waals surface area contributed by atoms with E-state index in [4.69, 9.17) is 9.26 Å². The molecule has 2 aromatic heterocycles. The zero-order valence-electron chi connectivity index (χ0n) is 12.8. The van der Waals surface area contributed by atoms with Gasteiger partial charge in [-0.15, -0.1) is 0 Å². The SMILES string of the molecule is Cc1noc(C)c1CN1C(=O)C(C)Oc2ccc([N+](=O)[O-])nc21. The molecule has 0 radical (unpaired) electrons. The molecule has 1 unspecified atom stereocenters. The van der Waals surface area contributed by atoms with Crippen molar-refractivity contribution in [3.63, 3.8) is 0 Å². The molecule has 0 saturated heterocycles. The highest BCUT2D eigenvalue weighted by Gasteiger charge is 2.37. The summed E-state index contributed by atoms with van der Waals surface area (Å²) in [5.41, 5.74) is 1.40. The molecule has 1 amide bonds. The molecule has 0 aliphatic carbocycles. The number of rotatable bonds is 3. The van der Waals surface area contributed by atoms with Gasteiger partial charge in [-0.3, -0.25) is 9.69 Å². The molecule has 9 nitrogen and oxygen atoms in total. The van der Waals surface area contributed by atoms with Crippen LogP contribution in [0.5, 0.6) is 5.75 Å². The van der Waals surface area contributed by atoms with Crippen LogP contribution in [-0.2, 0) is 11.3 Å². The number of nitrogens with zero attached hydrogens (tertiary/aromatic N) is 4. The molecular formula is C14H14N4O5. The molecule has 1 aliphatic heterocycles. The fourth-order valence-electron chi connectivity index (χ4n) is 2.42. The van der Waals surface area contributed by atoms with Gasteiger partial charge in [-0.1, -0.05) is 5.16 Å². The Balaban J connectivity index is 2.07. The monoisotopic (exact) mass is 318 g/mol. The second-order valence-electron chi connectivity index (χ2n) is 5.24. The molecule has 0 N–H and O–H groups in total. The van der Waals surface area contributed by atoms with E-state index in [9.17, 15) is 14.9 Å². The standard InChI is InChI=1S/C14H14N4O5/c1-7-10(8(2)23-16-7)6-17-13-11(22-9(3)14(17)19)4-5-12(15-13)18(20)21/h4-5,9H,6H2,1-3H3. The van der Waals surface area contributed by atoms with E-state index in [1.165, 1.54) is 17.0 Å². The van der Waals surface area contributed by atoms with Crippen LogP contribution < -0.4 is 9.64 Å². The molecule has 2 aromatic rings. The van der Waals surface area contributed by atoms with Crippen LogP contribution in [0.2, 0.25) is 0 Å². The maximum Gasteiger partial charge on any atom is 0.366 e. The summed E-state index contributed by atoms with van der Waals surface area (Å²) < 4.78 is 10.6. The highest BCUT2D eigenvalue weighted by atomic mass is 16.6. The van der Waals surface area contributed by atoms with Gasteiger partial charge in [0.05, 0.1) is 12.2 Å². The Bertz CT molecular complexity index is 781. The maximum absolute atomic E-state index is 12.5. The number of carbonyl (C=O) groups excluding carboxylic acids is 1. The number of fused-ring (bicyclic) bond motifs is 1. The first-order valence-corrected chi connectivity index (χ1v) is 6.93. The van der Waals surface area contributed by atoms with Crippen LogP contribution in [0.4, 0.5) is 11.6 Å². The Kier molecular flexibility index (Phi) is 3.47. The highest BCUT2D eigenvalue weighted by molar-refractivity contribution is 5.98. The first-order chi connectivity index (χ1) is 10.9. The van der Waals surface area contributed by atoms with Crippen molar-refractivity contribution >= 4 is 17.5 Å². The minimum atomic E-state index is -0.703. The van der Waals surface area contributed by atoms with E-state index in [-0.39, 0.29) is 24.1 Å². The molecular weight excluding hydrogens is 304 g/mol. The Labute approximate surface area is 131 Å². The third kappa shape index (κ3) is 2.50. The highest BCUT2D eigenvalue weighted by Crippen LogP contribution is 2.35. The third-order valence-corrected chi connectivity index (χ3v) is 3.68. The van der Waals surface area contributed by atoms with Crippen molar-refractivity contribution in [3.8, 4) is 5.75 Å². The normalized spacial score (nSPS) is 16.9. The summed E-state index contributed by atoms with van der Waals surface area (Å²) >= 11 is 0. The lowest BCUT2D eigenvalue weighted by molar-refractivity contribution is -0.389. The third-order valence-electron chi connectivity index (χ3n) is 3.68. The van der Waals surface area contributed by atoms with Gasteiger partial charge in [0, 0.05) is 11.6 Å². The van der Waals surface area contributed by atoms with Gasteiger partial charge in [-0.05, 0) is 36.7 Å². The fraction of sp³-hybridized carbons (Fsp3) is 0.357. The van der Waals surface area contributed by atoms with Crippen LogP contribution >= 0.6 is 0 Å². The Morgan fingerprint density at radius 2 is 2.13 bits per heavy atom. The second-order valence-corrected chi connectivity index (χ2v) is 5.24. The van der Waals surface area contributed by atoms with Crippen LogP contribution in [0.25, 0.3) is 0 Å². The summed E-state index contributed by atoms with van der Waals surface area (Å²) in [6.45, 7) is 5.29. The number of pyridine rings is 1. The van der Waals surface area contributed by atoms with Gasteiger partial charge in [0.2, 0.25) is 0 Å². The van der Waals surface area contributed by atoms with Gasteiger partial charge < -0.3 is 19.4 Å². The zero-order chi connectivity index (χ0) is 16.7. The van der Waals surface area contributed by atoms with Crippen molar-refractivity contribution in [1.82, 2.24) is 10.1 Å². The van der Waals surface area contributed by atoms with E-state index in [1.54, 1.807) is 20.8 Å². The molecule has 0 aromatic carbocycles. The number of aromatic nitrogens is 2. The number of ether oxygens (including phenoxy) is 1. The van der Waals surface area contributed by atoms with Crippen LogP contribution in [0.3, 0.4) is 0 Å². The predicted octanol–water partition coefficient (Wildman–Crippen LogP) is 1.91. The van der Waals surface area contributed by atoms with Gasteiger partial charge in [-0.25, -0.2) is 0 Å². The Morgan fingerprint density at radius 1 is 1.39 bits per heavy atom. The van der Waals surface area contributed by atoms with Crippen molar-refractivity contribution in [2.75, 3.05) is 4.90 Å². The number of hydrogen-bond donors (Lipinski definition) is 0. The average Bonchev–Trinajstić information content (AvgIpc) is 2.82. The molecule has 0 bridgehead atoms. The van der Waals surface area contributed by atoms with Gasteiger partial charge in [0.25, 0.3) is 11.7 Å². The van der Waals surface area contributed by atoms with Gasteiger partial charge in [0.1, 0.15) is 5.76 Å². The van der Waals surface area contributed by atoms with Crippen LogP contribution in [-0.4, -0.2) is 27.1 Å². The smallest absolute Gasteiger partial charge is 0.366 e. The van der Waals surface area contributed by atoms with Gasteiger partial charge in [0.15, 0.2) is 11.9 Å². The lowest BCUT2D eigenvalue weighted by Gasteiger charge is -2.29. The summed E-state index contributed by atoms with van der Waals surface area (Å²) in [6.07, 6.45) is -0.703. The molecule has 1 aliphatic rings. The quantitative estimate of drug-likeness (QED) is 0.627. The van der Waals surface area contributed by atoms with Crippen molar-refractivity contribution in [2.24, 2.45) is 0 Å². The van der Waals surface area contributed by atoms with Gasteiger partial charge in [-0.2, -0.15) is 0 Å². The van der Waals surface area contributed by atoms with Crippen LogP contribution in [0.15, 0.2) is 16.7 Å². The summed E-state index contributed by atoms with van der Waals surface area (Å²) in [5, 5.41) is 14.8. The molecule has 3 rings (SSSR count). The molecule has 1 atom stereocenters. The zero-order valence-corrected chi connectivity index (χ0v) is 12.8. The Hall–Kier alpha value is -2.97. The first-order valence-electron chi connectivity index (χ1n) is 6.93. The number of anilines is 1. The number of aryl methyl sites for hydroxylation is 2. The topological polar surface area (TPSA) is 112 Å². The van der Waals surface area contributed by atoms with E-state index in [1.807, 2.05) is 0 Å². The molecule has 0 fully saturated rings. The lowest BCUT2D eigenvalue weighted by atomic mass is 10.1. The predicted molar refractivity (Wildman–Crippen MR) is 78.1 cm³/mol. The number of carbonyl (C=O) groups is 1. The second kappa shape index (κ2) is 5.34. The molecule has 120 valence electrons. The molecule has 0 spiro atoms. The summed E-state index contributed by atoms with van der Waals surface area (Å²) in [5.74, 6) is 0.363. The minimum absolute atomic E-state index is 0.127. The van der Waals surface area contributed by atoms with Gasteiger partial charge >= 0.3 is 5.82 Å². The summed E-state index contributed by atoms with van der Waals surface area (Å²) in [7, 11) is 0. The number of nitro groups is 1. The molecule has 23 heavy (non-hydrogen) atoms. The van der Waals surface area contributed by atoms with Crippen molar-refractivity contribution in [3.05, 3.63) is 39.3 Å². The Morgan fingerprint density at radius 3 is 2.74 bits per heavy atom. The summed E-state index contributed by atoms with van der Waals surface area (Å²) in [4.78, 5) is 28.1. The maximum atomic E-state index is 12.5. The largest absolute Gasteiger partial charge is 0.475 e. The molecule has 0 saturated carbocycles. The molecule has 9 heteroatoms. The lowest BCUT2D eigenvalue weighted by Crippen LogP contribution is -2.44. The minimum Gasteiger partial charge on any atom is -0.475 e. The van der Waals surface area contributed by atoms with Crippen molar-refractivity contribution in [1.29, 1.82) is 0 Å². The number of amides is 1.